The summed E-state index contributed by atoms with van der Waals surface area (Å²) in [7, 11) is 0. The normalized spacial score (nSPS) is 11.7. The van der Waals surface area contributed by atoms with Crippen LogP contribution in [0.5, 0.6) is 0 Å². The third-order valence-electron chi connectivity index (χ3n) is 6.04. The lowest BCUT2D eigenvalue weighted by Crippen LogP contribution is -2.28. The molecule has 0 aliphatic rings. The molecule has 0 spiro atoms. The van der Waals surface area contributed by atoms with Gasteiger partial charge in [-0.3, -0.25) is 9.59 Å². The number of carbonyl (C=O) groups excluding carboxylic acids is 4. The Morgan fingerprint density at radius 3 is 1.65 bits per heavy atom. The van der Waals surface area contributed by atoms with E-state index in [4.69, 9.17) is 14.3 Å². The van der Waals surface area contributed by atoms with Crippen LogP contribution >= 0.6 is 0 Å². The Balaban J connectivity index is 0.00000121. The maximum absolute atomic E-state index is 13.5. The number of ketones is 1. The van der Waals surface area contributed by atoms with Gasteiger partial charge < -0.3 is 4.74 Å². The first-order chi connectivity index (χ1) is 18.1. The SMILES string of the molecule is O=C(C[C@H](c1ccccc1)C(Cc1ccccc1)C(=O)OCc1ccccc1)c1ccccc1.O=C=O. The lowest BCUT2D eigenvalue weighted by molar-refractivity contribution is -0.191. The van der Waals surface area contributed by atoms with Crippen molar-refractivity contribution in [1.29, 1.82) is 0 Å². The van der Waals surface area contributed by atoms with E-state index < -0.39 is 5.92 Å². The molecule has 1 unspecified atom stereocenters. The second kappa shape index (κ2) is 14.7. The zero-order valence-electron chi connectivity index (χ0n) is 20.4. The number of Topliss-reactive ketones (excluding diaryl/α,β-unsaturated/α-hetero) is 1. The molecule has 4 rings (SSSR count). The molecule has 0 fully saturated rings. The highest BCUT2D eigenvalue weighted by molar-refractivity contribution is 5.97. The van der Waals surface area contributed by atoms with E-state index in [1.807, 2.05) is 121 Å². The predicted molar refractivity (Wildman–Crippen MR) is 139 cm³/mol. The fraction of sp³-hybridized carbons (Fsp3) is 0.156. The number of carbonyl (C=O) groups is 2. The van der Waals surface area contributed by atoms with Gasteiger partial charge in [0.15, 0.2) is 5.78 Å². The highest BCUT2D eigenvalue weighted by Crippen LogP contribution is 2.33. The van der Waals surface area contributed by atoms with Gasteiger partial charge in [0.1, 0.15) is 6.61 Å². The quantitative estimate of drug-likeness (QED) is 0.199. The van der Waals surface area contributed by atoms with E-state index in [-0.39, 0.29) is 36.8 Å². The van der Waals surface area contributed by atoms with Gasteiger partial charge in [0.05, 0.1) is 5.92 Å². The molecule has 0 bridgehead atoms. The van der Waals surface area contributed by atoms with Gasteiger partial charge in [0.2, 0.25) is 0 Å². The third kappa shape index (κ3) is 8.53. The van der Waals surface area contributed by atoms with E-state index >= 15 is 0 Å². The van der Waals surface area contributed by atoms with Crippen molar-refractivity contribution in [2.45, 2.75) is 25.4 Å². The van der Waals surface area contributed by atoms with Crippen molar-refractivity contribution >= 4 is 17.9 Å². The van der Waals surface area contributed by atoms with Gasteiger partial charge in [-0.25, -0.2) is 0 Å². The van der Waals surface area contributed by atoms with E-state index in [0.717, 1.165) is 16.7 Å². The second-order valence-corrected chi connectivity index (χ2v) is 8.48. The van der Waals surface area contributed by atoms with Crippen molar-refractivity contribution in [1.82, 2.24) is 0 Å². The average Bonchev–Trinajstić information content (AvgIpc) is 2.96. The van der Waals surface area contributed by atoms with Crippen molar-refractivity contribution in [3.8, 4) is 0 Å². The zero-order chi connectivity index (χ0) is 26.3. The Morgan fingerprint density at radius 2 is 1.11 bits per heavy atom. The first kappa shape index (κ1) is 27.0. The van der Waals surface area contributed by atoms with Crippen LogP contribution < -0.4 is 0 Å². The molecule has 0 aliphatic heterocycles. The Hall–Kier alpha value is -4.60. The standard InChI is InChI=1S/C31H28O3.CO2/c32-30(27-19-11-4-12-20-27)22-28(26-17-9-3-10-18-26)29(21-24-13-5-1-6-14-24)31(33)34-23-25-15-7-2-8-16-25;2-1-3/h1-20,28-29H,21-23H2;/t28-,29?;/m1./s1. The van der Waals surface area contributed by atoms with Crippen LogP contribution in [0.15, 0.2) is 121 Å². The van der Waals surface area contributed by atoms with E-state index in [9.17, 15) is 9.59 Å². The van der Waals surface area contributed by atoms with Gasteiger partial charge >= 0.3 is 12.1 Å². The molecule has 0 saturated heterocycles. The van der Waals surface area contributed by atoms with Crippen molar-refractivity contribution in [2.75, 3.05) is 0 Å². The molecule has 5 heteroatoms. The van der Waals surface area contributed by atoms with Crippen LogP contribution in [0.4, 0.5) is 0 Å². The van der Waals surface area contributed by atoms with Gasteiger partial charge in [-0.2, -0.15) is 9.59 Å². The first-order valence-corrected chi connectivity index (χ1v) is 12.0. The number of esters is 1. The van der Waals surface area contributed by atoms with Gasteiger partial charge in [-0.15, -0.1) is 0 Å². The summed E-state index contributed by atoms with van der Waals surface area (Å²) in [5.74, 6) is -1.08. The van der Waals surface area contributed by atoms with Gasteiger partial charge in [-0.05, 0) is 23.1 Å². The third-order valence-corrected chi connectivity index (χ3v) is 6.04. The fourth-order valence-electron chi connectivity index (χ4n) is 4.23. The Morgan fingerprint density at radius 1 is 0.649 bits per heavy atom. The lowest BCUT2D eigenvalue weighted by Gasteiger charge is -2.26. The molecule has 2 atom stereocenters. The summed E-state index contributed by atoms with van der Waals surface area (Å²) in [6.07, 6.45) is 0.974. The number of ether oxygens (including phenoxy) is 1. The van der Waals surface area contributed by atoms with Crippen LogP contribution in [0, 0.1) is 5.92 Å². The maximum Gasteiger partial charge on any atom is 0.373 e. The van der Waals surface area contributed by atoms with Crippen molar-refractivity contribution in [3.63, 3.8) is 0 Å². The number of benzene rings is 4. The van der Waals surface area contributed by atoms with E-state index in [1.54, 1.807) is 0 Å². The molecule has 0 N–H and O–H groups in total. The van der Waals surface area contributed by atoms with Crippen LogP contribution in [0.1, 0.15) is 39.4 Å². The van der Waals surface area contributed by atoms with Crippen molar-refractivity contribution < 1.29 is 23.9 Å². The smallest absolute Gasteiger partial charge is 0.373 e. The molecule has 0 aliphatic carbocycles. The summed E-state index contributed by atoms with van der Waals surface area (Å²) in [5.41, 5.74) is 3.59. The first-order valence-electron chi connectivity index (χ1n) is 12.0. The zero-order valence-corrected chi connectivity index (χ0v) is 20.4. The van der Waals surface area contributed by atoms with Crippen LogP contribution in [-0.4, -0.2) is 17.9 Å². The van der Waals surface area contributed by atoms with Gasteiger partial charge in [0, 0.05) is 17.9 Å². The van der Waals surface area contributed by atoms with E-state index in [0.29, 0.717) is 12.0 Å². The highest BCUT2D eigenvalue weighted by Gasteiger charge is 2.33. The molecular weight excluding hydrogens is 464 g/mol. The highest BCUT2D eigenvalue weighted by atomic mass is 16.5. The Labute approximate surface area is 216 Å². The van der Waals surface area contributed by atoms with Crippen LogP contribution in [0.2, 0.25) is 0 Å². The number of hydrogen-bond acceptors (Lipinski definition) is 5. The molecule has 0 aromatic heterocycles. The monoisotopic (exact) mass is 492 g/mol. The predicted octanol–water partition coefficient (Wildman–Crippen LogP) is 6.06. The summed E-state index contributed by atoms with van der Waals surface area (Å²) < 4.78 is 5.80. The van der Waals surface area contributed by atoms with Crippen LogP contribution in [0.25, 0.3) is 0 Å². The van der Waals surface area contributed by atoms with Gasteiger partial charge in [0.25, 0.3) is 0 Å². The van der Waals surface area contributed by atoms with Gasteiger partial charge in [-0.1, -0.05) is 121 Å². The summed E-state index contributed by atoms with van der Waals surface area (Å²) in [6, 6.07) is 38.7. The summed E-state index contributed by atoms with van der Waals surface area (Å²) in [4.78, 5) is 43.0. The topological polar surface area (TPSA) is 77.5 Å². The fourth-order valence-corrected chi connectivity index (χ4v) is 4.23. The minimum absolute atomic E-state index is 0.0170. The Kier molecular flexibility index (Phi) is 10.7. The largest absolute Gasteiger partial charge is 0.461 e. The molecule has 4 aromatic carbocycles. The minimum Gasteiger partial charge on any atom is -0.461 e. The second-order valence-electron chi connectivity index (χ2n) is 8.48. The molecule has 4 aromatic rings. The lowest BCUT2D eigenvalue weighted by atomic mass is 9.78. The molecule has 5 nitrogen and oxygen atoms in total. The molecule has 0 heterocycles. The van der Waals surface area contributed by atoms with Crippen molar-refractivity contribution in [3.05, 3.63) is 144 Å². The van der Waals surface area contributed by atoms with E-state index in [1.165, 1.54) is 0 Å². The van der Waals surface area contributed by atoms with Crippen LogP contribution in [0.3, 0.4) is 0 Å². The Bertz CT molecular complexity index is 1270. The number of hydrogen-bond donors (Lipinski definition) is 0. The molecule has 0 amide bonds. The average molecular weight is 493 g/mol. The molecule has 186 valence electrons. The van der Waals surface area contributed by atoms with E-state index in [2.05, 4.69) is 0 Å². The maximum atomic E-state index is 13.5. The van der Waals surface area contributed by atoms with Crippen molar-refractivity contribution in [2.24, 2.45) is 5.92 Å². The molecule has 0 radical (unpaired) electrons. The van der Waals surface area contributed by atoms with Crippen LogP contribution in [-0.2, 0) is 32.1 Å². The number of rotatable bonds is 10. The summed E-state index contributed by atoms with van der Waals surface area (Å²) >= 11 is 0. The summed E-state index contributed by atoms with van der Waals surface area (Å²) in [6.45, 7) is 0.207. The summed E-state index contributed by atoms with van der Waals surface area (Å²) in [5, 5.41) is 0. The minimum atomic E-state index is -0.499. The molecule has 0 saturated carbocycles. The molecular formula is C32H28O5. The molecule has 37 heavy (non-hydrogen) atoms.